The first kappa shape index (κ1) is 14.9. The first-order chi connectivity index (χ1) is 9.63. The largest absolute Gasteiger partial charge is 0.337 e. The van der Waals surface area contributed by atoms with E-state index in [1.54, 1.807) is 18.3 Å². The van der Waals surface area contributed by atoms with E-state index in [1.807, 2.05) is 4.90 Å². The van der Waals surface area contributed by atoms with Crippen LogP contribution in [-0.2, 0) is 4.79 Å². The summed E-state index contributed by atoms with van der Waals surface area (Å²) in [6.45, 7) is 4.22. The van der Waals surface area contributed by atoms with Crippen LogP contribution >= 0.6 is 11.8 Å². The minimum atomic E-state index is 0.143. The Kier molecular flexibility index (Phi) is 5.02. The van der Waals surface area contributed by atoms with Gasteiger partial charge in [-0.3, -0.25) is 4.79 Å². The van der Waals surface area contributed by atoms with Gasteiger partial charge in [0.2, 0.25) is 5.91 Å². The fourth-order valence-corrected chi connectivity index (χ4v) is 3.52. The van der Waals surface area contributed by atoms with E-state index in [2.05, 4.69) is 24.9 Å². The molecule has 0 spiro atoms. The lowest BCUT2D eigenvalue weighted by Gasteiger charge is -2.39. The van der Waals surface area contributed by atoms with Crippen molar-refractivity contribution in [3.8, 4) is 6.07 Å². The summed E-state index contributed by atoms with van der Waals surface area (Å²) in [5, 5.41) is 9.66. The number of hydrogen-bond acceptors (Lipinski definition) is 4. The molecule has 1 aromatic heterocycles. The summed E-state index contributed by atoms with van der Waals surface area (Å²) in [6, 6.07) is 6.19. The molecule has 2 heterocycles. The van der Waals surface area contributed by atoms with E-state index in [9.17, 15) is 4.79 Å². The molecule has 1 saturated heterocycles. The quantitative estimate of drug-likeness (QED) is 0.803. The average molecular weight is 289 g/mol. The van der Waals surface area contributed by atoms with Crippen molar-refractivity contribution >= 4 is 17.7 Å². The molecule has 0 N–H and O–H groups in total. The van der Waals surface area contributed by atoms with Crippen molar-refractivity contribution in [2.75, 3.05) is 5.75 Å². The van der Waals surface area contributed by atoms with Crippen molar-refractivity contribution in [3.05, 3.63) is 23.9 Å². The van der Waals surface area contributed by atoms with Crippen molar-refractivity contribution in [3.63, 3.8) is 0 Å². The van der Waals surface area contributed by atoms with Crippen LogP contribution in [0.2, 0.25) is 0 Å². The Labute approximate surface area is 124 Å². The van der Waals surface area contributed by atoms with Gasteiger partial charge in [-0.25, -0.2) is 4.98 Å². The van der Waals surface area contributed by atoms with Gasteiger partial charge in [-0.15, -0.1) is 0 Å². The molecule has 0 radical (unpaired) electrons. The summed E-state index contributed by atoms with van der Waals surface area (Å²) >= 11 is 1.35. The number of nitrogens with zero attached hydrogens (tertiary/aromatic N) is 3. The highest BCUT2D eigenvalue weighted by molar-refractivity contribution is 7.99. The molecule has 1 fully saturated rings. The highest BCUT2D eigenvalue weighted by Gasteiger charge is 2.28. The molecule has 2 rings (SSSR count). The zero-order chi connectivity index (χ0) is 14.5. The number of likely N-dealkylation sites (tertiary alicyclic amines) is 1. The Morgan fingerprint density at radius 3 is 2.85 bits per heavy atom. The minimum Gasteiger partial charge on any atom is -0.337 e. The van der Waals surface area contributed by atoms with Gasteiger partial charge in [0.15, 0.2) is 0 Å². The number of thioether (sulfide) groups is 1. The van der Waals surface area contributed by atoms with Crippen molar-refractivity contribution in [2.45, 2.75) is 50.2 Å². The number of rotatable bonds is 3. The summed E-state index contributed by atoms with van der Waals surface area (Å²) in [4.78, 5) is 18.6. The van der Waals surface area contributed by atoms with Gasteiger partial charge in [0.25, 0.3) is 0 Å². The van der Waals surface area contributed by atoms with E-state index >= 15 is 0 Å². The lowest BCUT2D eigenvalue weighted by atomic mass is 9.98. The third-order valence-corrected chi connectivity index (χ3v) is 4.70. The second-order valence-corrected chi connectivity index (χ2v) is 6.15. The summed E-state index contributed by atoms with van der Waals surface area (Å²) < 4.78 is 0. The standard InChI is InChI=1S/C15H19N3OS/c1-11-5-3-6-12(2)18(11)14(19)10-20-15-13(9-16)7-4-8-17-15/h4,7-8,11-12H,3,5-6,10H2,1-2H3. The monoisotopic (exact) mass is 289 g/mol. The number of carbonyl (C=O) groups is 1. The molecule has 4 nitrogen and oxygen atoms in total. The van der Waals surface area contributed by atoms with Crippen LogP contribution in [0.15, 0.2) is 23.4 Å². The molecule has 0 aliphatic carbocycles. The molecule has 5 heteroatoms. The lowest BCUT2D eigenvalue weighted by Crippen LogP contribution is -2.48. The predicted octanol–water partition coefficient (Wildman–Crippen LogP) is 2.83. The third kappa shape index (κ3) is 3.31. The number of carbonyl (C=O) groups excluding carboxylic acids is 1. The molecule has 2 unspecified atom stereocenters. The van der Waals surface area contributed by atoms with E-state index < -0.39 is 0 Å². The molecule has 106 valence electrons. The number of aromatic nitrogens is 1. The van der Waals surface area contributed by atoms with Crippen molar-refractivity contribution < 1.29 is 4.79 Å². The fourth-order valence-electron chi connectivity index (χ4n) is 2.71. The van der Waals surface area contributed by atoms with Gasteiger partial charge in [-0.05, 0) is 45.2 Å². The lowest BCUT2D eigenvalue weighted by molar-refractivity contribution is -0.134. The van der Waals surface area contributed by atoms with Gasteiger partial charge < -0.3 is 4.90 Å². The molecule has 1 aliphatic heterocycles. The Hall–Kier alpha value is -1.54. The van der Waals surface area contributed by atoms with Crippen LogP contribution in [-0.4, -0.2) is 33.6 Å². The van der Waals surface area contributed by atoms with Crippen LogP contribution in [0.1, 0.15) is 38.7 Å². The van der Waals surface area contributed by atoms with Gasteiger partial charge >= 0.3 is 0 Å². The molecule has 1 aromatic rings. The molecule has 0 bridgehead atoms. The van der Waals surface area contributed by atoms with Crippen LogP contribution in [0.5, 0.6) is 0 Å². The summed E-state index contributed by atoms with van der Waals surface area (Å²) in [5.41, 5.74) is 0.532. The van der Waals surface area contributed by atoms with Gasteiger partial charge in [0.05, 0.1) is 11.3 Å². The average Bonchev–Trinajstić information content (AvgIpc) is 2.45. The number of piperidine rings is 1. The summed E-state index contributed by atoms with van der Waals surface area (Å²) in [5.74, 6) is 0.490. The maximum absolute atomic E-state index is 12.4. The second kappa shape index (κ2) is 6.76. The van der Waals surface area contributed by atoms with Crippen LogP contribution in [0.25, 0.3) is 0 Å². The van der Waals surface area contributed by atoms with Gasteiger partial charge in [-0.2, -0.15) is 5.26 Å². The molecular formula is C15H19N3OS. The van der Waals surface area contributed by atoms with Crippen molar-refractivity contribution in [1.29, 1.82) is 5.26 Å². The first-order valence-electron chi connectivity index (χ1n) is 6.92. The summed E-state index contributed by atoms with van der Waals surface area (Å²) in [7, 11) is 0. The van der Waals surface area contributed by atoms with Gasteiger partial charge in [0.1, 0.15) is 11.1 Å². The van der Waals surface area contributed by atoms with E-state index in [-0.39, 0.29) is 5.91 Å². The summed E-state index contributed by atoms with van der Waals surface area (Å²) in [6.07, 6.45) is 5.00. The number of pyridine rings is 1. The van der Waals surface area contributed by atoms with Gasteiger partial charge in [-0.1, -0.05) is 11.8 Å². The van der Waals surface area contributed by atoms with Crippen LogP contribution in [0, 0.1) is 11.3 Å². The molecule has 1 aliphatic rings. The molecular weight excluding hydrogens is 270 g/mol. The van der Waals surface area contributed by atoms with Crippen LogP contribution in [0.4, 0.5) is 0 Å². The normalized spacial score (nSPS) is 22.4. The van der Waals surface area contributed by atoms with Crippen LogP contribution in [0.3, 0.4) is 0 Å². The molecule has 1 amide bonds. The second-order valence-electron chi connectivity index (χ2n) is 5.19. The van der Waals surface area contributed by atoms with E-state index in [0.29, 0.717) is 28.4 Å². The SMILES string of the molecule is CC1CCCC(C)N1C(=O)CSc1ncccc1C#N. The number of hydrogen-bond donors (Lipinski definition) is 0. The smallest absolute Gasteiger partial charge is 0.233 e. The maximum Gasteiger partial charge on any atom is 0.233 e. The highest BCUT2D eigenvalue weighted by Crippen LogP contribution is 2.25. The first-order valence-corrected chi connectivity index (χ1v) is 7.91. The zero-order valence-corrected chi connectivity index (χ0v) is 12.7. The topological polar surface area (TPSA) is 57.0 Å². The van der Waals surface area contributed by atoms with Crippen molar-refractivity contribution in [1.82, 2.24) is 9.88 Å². The fraction of sp³-hybridized carbons (Fsp3) is 0.533. The number of amides is 1. The molecule has 0 aromatic carbocycles. The van der Waals surface area contributed by atoms with E-state index in [0.717, 1.165) is 12.8 Å². The maximum atomic E-state index is 12.4. The van der Waals surface area contributed by atoms with E-state index in [4.69, 9.17) is 5.26 Å². The Balaban J connectivity index is 2.00. The Bertz CT molecular complexity index is 516. The minimum absolute atomic E-state index is 0.143. The van der Waals surface area contributed by atoms with E-state index in [1.165, 1.54) is 18.2 Å². The predicted molar refractivity (Wildman–Crippen MR) is 79.3 cm³/mol. The zero-order valence-electron chi connectivity index (χ0n) is 11.9. The highest BCUT2D eigenvalue weighted by atomic mass is 32.2. The molecule has 0 saturated carbocycles. The molecule has 2 atom stereocenters. The molecule has 20 heavy (non-hydrogen) atoms. The van der Waals surface area contributed by atoms with Gasteiger partial charge in [0, 0.05) is 18.3 Å². The van der Waals surface area contributed by atoms with Crippen LogP contribution < -0.4 is 0 Å². The Morgan fingerprint density at radius 1 is 1.50 bits per heavy atom. The Morgan fingerprint density at radius 2 is 2.20 bits per heavy atom. The van der Waals surface area contributed by atoms with Crippen molar-refractivity contribution in [2.24, 2.45) is 0 Å². The number of nitriles is 1. The third-order valence-electron chi connectivity index (χ3n) is 3.71.